The third-order valence-electron chi connectivity index (χ3n) is 3.95. The number of hydrogen-bond donors (Lipinski definition) is 0. The fourth-order valence-electron chi connectivity index (χ4n) is 2.69. The molecule has 1 aromatic carbocycles. The highest BCUT2D eigenvalue weighted by Gasteiger charge is 2.28. The van der Waals surface area contributed by atoms with Crippen molar-refractivity contribution in [2.24, 2.45) is 0 Å². The van der Waals surface area contributed by atoms with Crippen molar-refractivity contribution in [2.45, 2.75) is 6.04 Å². The monoisotopic (exact) mass is 282 g/mol. The van der Waals surface area contributed by atoms with Crippen molar-refractivity contribution in [3.63, 3.8) is 0 Å². The topological polar surface area (TPSA) is 49.3 Å². The first kappa shape index (κ1) is 13.7. The smallest absolute Gasteiger partial charge is 0.255 e. The van der Waals surface area contributed by atoms with E-state index in [0.29, 0.717) is 12.1 Å². The van der Waals surface area contributed by atoms with Crippen LogP contribution >= 0.6 is 0 Å². The average Bonchev–Trinajstić information content (AvgIpc) is 2.56. The molecule has 1 atom stereocenters. The Morgan fingerprint density at radius 1 is 1.14 bits per heavy atom. The zero-order valence-electron chi connectivity index (χ0n) is 12.0. The van der Waals surface area contributed by atoms with Gasteiger partial charge in [0.1, 0.15) is 0 Å². The third-order valence-corrected chi connectivity index (χ3v) is 3.95. The van der Waals surface area contributed by atoms with E-state index in [1.807, 2.05) is 23.1 Å². The van der Waals surface area contributed by atoms with Crippen LogP contribution < -0.4 is 0 Å². The van der Waals surface area contributed by atoms with Crippen molar-refractivity contribution in [2.75, 3.05) is 26.7 Å². The molecule has 0 bridgehead atoms. The first-order chi connectivity index (χ1) is 10.3. The van der Waals surface area contributed by atoms with Gasteiger partial charge in [-0.3, -0.25) is 9.69 Å². The van der Waals surface area contributed by atoms with E-state index >= 15 is 0 Å². The number of nitrogens with zero attached hydrogens (tertiary/aromatic N) is 4. The van der Waals surface area contributed by atoms with E-state index in [4.69, 9.17) is 0 Å². The summed E-state index contributed by atoms with van der Waals surface area (Å²) in [5.41, 5.74) is 1.84. The summed E-state index contributed by atoms with van der Waals surface area (Å²) in [7, 11) is 2.10. The Labute approximate surface area is 124 Å². The summed E-state index contributed by atoms with van der Waals surface area (Å²) in [5.74, 6) is 0.0268. The molecule has 1 amide bonds. The van der Waals surface area contributed by atoms with E-state index in [9.17, 15) is 4.79 Å². The van der Waals surface area contributed by atoms with Crippen LogP contribution in [0.2, 0.25) is 0 Å². The molecule has 0 radical (unpaired) electrons. The number of aromatic nitrogens is 2. The first-order valence-corrected chi connectivity index (χ1v) is 7.07. The largest absolute Gasteiger partial charge is 0.335 e. The fourth-order valence-corrected chi connectivity index (χ4v) is 2.69. The summed E-state index contributed by atoms with van der Waals surface area (Å²) >= 11 is 0. The molecule has 108 valence electrons. The molecule has 2 aromatic rings. The van der Waals surface area contributed by atoms with Gasteiger partial charge in [-0.25, -0.2) is 0 Å². The van der Waals surface area contributed by atoms with E-state index in [-0.39, 0.29) is 11.9 Å². The van der Waals surface area contributed by atoms with Crippen LogP contribution in [0, 0.1) is 0 Å². The summed E-state index contributed by atoms with van der Waals surface area (Å²) < 4.78 is 0. The van der Waals surface area contributed by atoms with Crippen LogP contribution in [0.5, 0.6) is 0 Å². The van der Waals surface area contributed by atoms with Gasteiger partial charge in [0.2, 0.25) is 0 Å². The summed E-state index contributed by atoms with van der Waals surface area (Å²) in [6.07, 6.45) is 3.08. The Morgan fingerprint density at radius 3 is 2.67 bits per heavy atom. The minimum atomic E-state index is 0.0268. The molecule has 0 N–H and O–H groups in total. The van der Waals surface area contributed by atoms with Crippen LogP contribution in [0.4, 0.5) is 0 Å². The minimum Gasteiger partial charge on any atom is -0.335 e. The molecule has 1 saturated heterocycles. The van der Waals surface area contributed by atoms with Crippen LogP contribution in [0.3, 0.4) is 0 Å². The van der Waals surface area contributed by atoms with Gasteiger partial charge in [0.05, 0.1) is 24.0 Å². The lowest BCUT2D eigenvalue weighted by molar-refractivity contribution is 0.0545. The number of carbonyl (C=O) groups excluding carboxylic acids is 1. The van der Waals surface area contributed by atoms with Gasteiger partial charge in [-0.05, 0) is 18.7 Å². The van der Waals surface area contributed by atoms with E-state index in [1.54, 1.807) is 12.3 Å². The number of likely N-dealkylation sites (N-methyl/N-ethyl adjacent to an activating group) is 1. The quantitative estimate of drug-likeness (QED) is 0.839. The molecule has 2 heterocycles. The first-order valence-electron chi connectivity index (χ1n) is 7.07. The van der Waals surface area contributed by atoms with Crippen LogP contribution in [-0.4, -0.2) is 52.6 Å². The Bertz CT molecular complexity index is 602. The third kappa shape index (κ3) is 2.92. The van der Waals surface area contributed by atoms with Crippen LogP contribution in [0.25, 0.3) is 0 Å². The Morgan fingerprint density at radius 2 is 1.95 bits per heavy atom. The standard InChI is InChI=1S/C16H18N4O/c1-19-9-10-20(16(21)14-7-8-17-18-11-14)12-15(19)13-5-3-2-4-6-13/h2-8,11,15H,9-10,12H2,1H3. The van der Waals surface area contributed by atoms with E-state index in [0.717, 1.165) is 13.1 Å². The van der Waals surface area contributed by atoms with Gasteiger partial charge in [0.25, 0.3) is 5.91 Å². The SMILES string of the molecule is CN1CCN(C(=O)c2ccnnc2)CC1c1ccccc1. The van der Waals surface area contributed by atoms with Crippen molar-refractivity contribution >= 4 is 5.91 Å². The van der Waals surface area contributed by atoms with Gasteiger partial charge in [0.15, 0.2) is 0 Å². The second kappa shape index (κ2) is 6.01. The zero-order chi connectivity index (χ0) is 14.7. The van der Waals surface area contributed by atoms with Gasteiger partial charge in [0, 0.05) is 19.6 Å². The van der Waals surface area contributed by atoms with Gasteiger partial charge < -0.3 is 4.90 Å². The molecule has 1 aromatic heterocycles. The van der Waals surface area contributed by atoms with Crippen molar-refractivity contribution in [3.8, 4) is 0 Å². The lowest BCUT2D eigenvalue weighted by Gasteiger charge is -2.39. The number of hydrogen-bond acceptors (Lipinski definition) is 4. The Balaban J connectivity index is 1.78. The molecule has 1 fully saturated rings. The second-order valence-corrected chi connectivity index (χ2v) is 5.29. The summed E-state index contributed by atoms with van der Waals surface area (Å²) in [4.78, 5) is 16.7. The van der Waals surface area contributed by atoms with Crippen LogP contribution in [0.1, 0.15) is 22.0 Å². The number of piperazine rings is 1. The lowest BCUT2D eigenvalue weighted by Crippen LogP contribution is -2.49. The van der Waals surface area contributed by atoms with Crippen molar-refractivity contribution < 1.29 is 4.79 Å². The highest BCUT2D eigenvalue weighted by atomic mass is 16.2. The summed E-state index contributed by atoms with van der Waals surface area (Å²) in [6, 6.07) is 12.3. The van der Waals surface area contributed by atoms with E-state index in [2.05, 4.69) is 34.3 Å². The number of benzene rings is 1. The maximum Gasteiger partial charge on any atom is 0.255 e. The van der Waals surface area contributed by atoms with E-state index in [1.165, 1.54) is 11.8 Å². The number of amides is 1. The number of carbonyl (C=O) groups is 1. The average molecular weight is 282 g/mol. The molecule has 0 aliphatic carbocycles. The molecule has 1 unspecified atom stereocenters. The minimum absolute atomic E-state index is 0.0268. The fraction of sp³-hybridized carbons (Fsp3) is 0.312. The maximum absolute atomic E-state index is 12.5. The van der Waals surface area contributed by atoms with Gasteiger partial charge in [-0.15, -0.1) is 0 Å². The van der Waals surface area contributed by atoms with Gasteiger partial charge in [-0.1, -0.05) is 30.3 Å². The molecule has 21 heavy (non-hydrogen) atoms. The molecule has 0 saturated carbocycles. The number of rotatable bonds is 2. The van der Waals surface area contributed by atoms with Gasteiger partial charge in [-0.2, -0.15) is 10.2 Å². The second-order valence-electron chi connectivity index (χ2n) is 5.29. The summed E-state index contributed by atoms with van der Waals surface area (Å²) in [5, 5.41) is 7.50. The molecule has 3 rings (SSSR count). The normalized spacial score (nSPS) is 19.5. The van der Waals surface area contributed by atoms with Crippen molar-refractivity contribution in [3.05, 3.63) is 59.9 Å². The van der Waals surface area contributed by atoms with Crippen LogP contribution in [-0.2, 0) is 0 Å². The highest BCUT2D eigenvalue weighted by molar-refractivity contribution is 5.93. The van der Waals surface area contributed by atoms with E-state index < -0.39 is 0 Å². The summed E-state index contributed by atoms with van der Waals surface area (Å²) in [6.45, 7) is 2.30. The molecule has 1 aliphatic rings. The lowest BCUT2D eigenvalue weighted by atomic mass is 10.0. The predicted octanol–water partition coefficient (Wildman–Crippen LogP) is 1.61. The Kier molecular flexibility index (Phi) is 3.92. The highest BCUT2D eigenvalue weighted by Crippen LogP contribution is 2.24. The maximum atomic E-state index is 12.5. The molecule has 1 aliphatic heterocycles. The zero-order valence-corrected chi connectivity index (χ0v) is 12.0. The molecular weight excluding hydrogens is 264 g/mol. The van der Waals surface area contributed by atoms with Crippen LogP contribution in [0.15, 0.2) is 48.8 Å². The molecule has 5 heteroatoms. The van der Waals surface area contributed by atoms with Crippen molar-refractivity contribution in [1.29, 1.82) is 0 Å². The molecular formula is C16H18N4O. The van der Waals surface area contributed by atoms with Gasteiger partial charge >= 0.3 is 0 Å². The van der Waals surface area contributed by atoms with Crippen molar-refractivity contribution in [1.82, 2.24) is 20.0 Å². The molecule has 0 spiro atoms. The predicted molar refractivity (Wildman–Crippen MR) is 79.7 cm³/mol. The Hall–Kier alpha value is -2.27. The molecule has 5 nitrogen and oxygen atoms in total.